The second kappa shape index (κ2) is 6.56. The van der Waals surface area contributed by atoms with Crippen LogP contribution in [0.3, 0.4) is 0 Å². The molecule has 2 N–H and O–H groups in total. The Labute approximate surface area is 101 Å². The summed E-state index contributed by atoms with van der Waals surface area (Å²) in [6, 6.07) is 0. The van der Waals surface area contributed by atoms with Crippen LogP contribution < -0.4 is 5.32 Å². The van der Waals surface area contributed by atoms with Gasteiger partial charge >= 0.3 is 5.97 Å². The number of nitrogens with one attached hydrogen (secondary N) is 1. The van der Waals surface area contributed by atoms with E-state index in [1.165, 1.54) is 0 Å². The van der Waals surface area contributed by atoms with E-state index >= 15 is 0 Å². The van der Waals surface area contributed by atoms with E-state index < -0.39 is 5.97 Å². The Balaban J connectivity index is 2.16. The molecule has 0 aromatic heterocycles. The number of carboxylic acid groups (broad SMARTS) is 1. The molecule has 0 bridgehead atoms. The number of likely N-dealkylation sites (tertiary alicyclic amines) is 1. The first-order chi connectivity index (χ1) is 8.02. The van der Waals surface area contributed by atoms with Gasteiger partial charge in [-0.25, -0.2) is 0 Å². The van der Waals surface area contributed by atoms with Crippen molar-refractivity contribution < 1.29 is 19.3 Å². The predicted octanol–water partition coefficient (Wildman–Crippen LogP) is 0.466. The first kappa shape index (κ1) is 13.9. The lowest BCUT2D eigenvalue weighted by Gasteiger charge is -2.45. The highest BCUT2D eigenvalue weighted by atomic mass is 16.5. The van der Waals surface area contributed by atoms with Crippen LogP contribution in [-0.4, -0.2) is 47.8 Å². The Morgan fingerprint density at radius 2 is 1.82 bits per heavy atom. The molecule has 1 aliphatic heterocycles. The van der Waals surface area contributed by atoms with Gasteiger partial charge < -0.3 is 20.3 Å². The van der Waals surface area contributed by atoms with Crippen LogP contribution in [0.15, 0.2) is 0 Å². The molecule has 0 saturated carbocycles. The average molecular weight is 244 g/mol. The van der Waals surface area contributed by atoms with Gasteiger partial charge in [0.15, 0.2) is 0 Å². The van der Waals surface area contributed by atoms with E-state index in [0.717, 1.165) is 19.3 Å². The number of piperidine rings is 1. The summed E-state index contributed by atoms with van der Waals surface area (Å²) in [5, 5.41) is 23.0. The van der Waals surface area contributed by atoms with Gasteiger partial charge in [0.2, 0.25) is 5.91 Å². The molecule has 1 amide bonds. The largest absolute Gasteiger partial charge is 0.633 e. The van der Waals surface area contributed by atoms with Crippen LogP contribution >= 0.6 is 0 Å². The summed E-state index contributed by atoms with van der Waals surface area (Å²) in [5.74, 6) is -1.17. The van der Waals surface area contributed by atoms with Gasteiger partial charge in [0.25, 0.3) is 0 Å². The Bertz CT molecular complexity index is 275. The first-order valence-corrected chi connectivity index (χ1v) is 6.07. The molecule has 1 rings (SSSR count). The molecule has 0 radical (unpaired) electrons. The summed E-state index contributed by atoms with van der Waals surface area (Å²) in [4.78, 5) is 21.6. The quantitative estimate of drug-likeness (QED) is 0.525. The lowest BCUT2D eigenvalue weighted by Crippen LogP contribution is -2.48. The minimum atomic E-state index is -0.936. The van der Waals surface area contributed by atoms with E-state index in [1.54, 1.807) is 0 Å². The SMILES string of the molecule is O=C(O)CCNC(=O)CC[N+]1([O-])CCCCC1. The third-order valence-corrected chi connectivity index (χ3v) is 3.04. The van der Waals surface area contributed by atoms with Gasteiger partial charge in [0.1, 0.15) is 0 Å². The topological polar surface area (TPSA) is 89.5 Å². The highest BCUT2D eigenvalue weighted by Gasteiger charge is 2.21. The van der Waals surface area contributed by atoms with Crippen LogP contribution in [-0.2, 0) is 9.59 Å². The van der Waals surface area contributed by atoms with Gasteiger partial charge in [-0.3, -0.25) is 9.59 Å². The maximum Gasteiger partial charge on any atom is 0.305 e. The van der Waals surface area contributed by atoms with Crippen molar-refractivity contribution in [2.45, 2.75) is 32.1 Å². The third kappa shape index (κ3) is 5.65. The van der Waals surface area contributed by atoms with Crippen molar-refractivity contribution in [3.8, 4) is 0 Å². The van der Waals surface area contributed by atoms with E-state index in [-0.39, 0.29) is 29.9 Å². The first-order valence-electron chi connectivity index (χ1n) is 6.07. The molecular weight excluding hydrogens is 224 g/mol. The van der Waals surface area contributed by atoms with Crippen molar-refractivity contribution in [2.24, 2.45) is 0 Å². The molecule has 17 heavy (non-hydrogen) atoms. The molecule has 6 heteroatoms. The fourth-order valence-electron chi connectivity index (χ4n) is 2.01. The normalized spacial score (nSPS) is 18.6. The maximum absolute atomic E-state index is 12.1. The second-order valence-corrected chi connectivity index (χ2v) is 4.53. The molecule has 98 valence electrons. The molecule has 0 aromatic carbocycles. The minimum Gasteiger partial charge on any atom is -0.633 e. The fourth-order valence-corrected chi connectivity index (χ4v) is 2.01. The van der Waals surface area contributed by atoms with Gasteiger partial charge in [-0.1, -0.05) is 0 Å². The van der Waals surface area contributed by atoms with Crippen molar-refractivity contribution in [1.82, 2.24) is 5.32 Å². The zero-order valence-electron chi connectivity index (χ0n) is 9.98. The van der Waals surface area contributed by atoms with Gasteiger partial charge in [0.05, 0.1) is 32.5 Å². The number of rotatable bonds is 6. The lowest BCUT2D eigenvalue weighted by molar-refractivity contribution is -0.884. The highest BCUT2D eigenvalue weighted by molar-refractivity contribution is 5.76. The minimum absolute atomic E-state index is 0.0802. The molecule has 0 atom stereocenters. The molecule has 6 nitrogen and oxygen atoms in total. The number of hydrogen-bond donors (Lipinski definition) is 2. The van der Waals surface area contributed by atoms with E-state index in [0.29, 0.717) is 19.6 Å². The summed E-state index contributed by atoms with van der Waals surface area (Å²) in [7, 11) is 0. The van der Waals surface area contributed by atoms with Crippen LogP contribution in [0.4, 0.5) is 0 Å². The van der Waals surface area contributed by atoms with Crippen molar-refractivity contribution in [3.05, 3.63) is 5.21 Å². The van der Waals surface area contributed by atoms with Crippen molar-refractivity contribution in [1.29, 1.82) is 0 Å². The number of hydrogen-bond acceptors (Lipinski definition) is 3. The predicted molar refractivity (Wildman–Crippen MR) is 62.0 cm³/mol. The highest BCUT2D eigenvalue weighted by Crippen LogP contribution is 2.17. The van der Waals surface area contributed by atoms with Gasteiger partial charge in [-0.15, -0.1) is 0 Å². The number of aliphatic carboxylic acids is 1. The zero-order chi connectivity index (χ0) is 12.7. The van der Waals surface area contributed by atoms with Crippen molar-refractivity contribution >= 4 is 11.9 Å². The van der Waals surface area contributed by atoms with Crippen LogP contribution in [0, 0.1) is 5.21 Å². The number of hydroxylamine groups is 3. The molecular formula is C11H20N2O4. The van der Waals surface area contributed by atoms with Gasteiger partial charge in [0, 0.05) is 6.54 Å². The van der Waals surface area contributed by atoms with E-state index in [9.17, 15) is 14.8 Å². The number of nitrogens with zero attached hydrogens (tertiary/aromatic N) is 1. The van der Waals surface area contributed by atoms with Crippen molar-refractivity contribution in [2.75, 3.05) is 26.2 Å². The second-order valence-electron chi connectivity index (χ2n) is 4.53. The molecule has 1 saturated heterocycles. The van der Waals surface area contributed by atoms with Crippen LogP contribution in [0.1, 0.15) is 32.1 Å². The lowest BCUT2D eigenvalue weighted by atomic mass is 10.1. The van der Waals surface area contributed by atoms with E-state index in [4.69, 9.17) is 5.11 Å². The Hall–Kier alpha value is -1.14. The molecule has 0 unspecified atom stereocenters. The monoisotopic (exact) mass is 244 g/mol. The summed E-state index contributed by atoms with van der Waals surface area (Å²) in [6.07, 6.45) is 3.08. The van der Waals surface area contributed by atoms with E-state index in [1.807, 2.05) is 0 Å². The fraction of sp³-hybridized carbons (Fsp3) is 0.818. The molecule has 1 fully saturated rings. The van der Waals surface area contributed by atoms with Crippen LogP contribution in [0.2, 0.25) is 0 Å². The zero-order valence-corrected chi connectivity index (χ0v) is 9.98. The molecule has 1 aliphatic rings. The molecule has 0 spiro atoms. The molecule has 1 heterocycles. The standard InChI is InChI=1S/C11H20N2O4/c14-10(12-6-4-11(15)16)5-9-13(17)7-2-1-3-8-13/h1-9H2,(H,12,14)(H,15,16). The van der Waals surface area contributed by atoms with Crippen LogP contribution in [0.25, 0.3) is 0 Å². The van der Waals surface area contributed by atoms with E-state index in [2.05, 4.69) is 5.32 Å². The number of carboxylic acids is 1. The van der Waals surface area contributed by atoms with Crippen molar-refractivity contribution in [3.63, 3.8) is 0 Å². The molecule has 0 aromatic rings. The summed E-state index contributed by atoms with van der Waals surface area (Å²) < 4.78 is -0.271. The Morgan fingerprint density at radius 3 is 2.41 bits per heavy atom. The smallest absolute Gasteiger partial charge is 0.305 e. The number of carbonyl (C=O) groups is 2. The van der Waals surface area contributed by atoms with Crippen LogP contribution in [0.5, 0.6) is 0 Å². The number of amides is 1. The van der Waals surface area contributed by atoms with Gasteiger partial charge in [-0.05, 0) is 19.3 Å². The Kier molecular flexibility index (Phi) is 5.37. The van der Waals surface area contributed by atoms with Gasteiger partial charge in [-0.2, -0.15) is 0 Å². The average Bonchev–Trinajstić information content (AvgIpc) is 2.27. The summed E-state index contributed by atoms with van der Waals surface area (Å²) in [6.45, 7) is 1.64. The summed E-state index contributed by atoms with van der Waals surface area (Å²) in [5.41, 5.74) is 0. The summed E-state index contributed by atoms with van der Waals surface area (Å²) >= 11 is 0. The maximum atomic E-state index is 12.1. The third-order valence-electron chi connectivity index (χ3n) is 3.04. The molecule has 0 aliphatic carbocycles. The number of carbonyl (C=O) groups excluding carboxylic acids is 1. The number of quaternary nitrogens is 1. The Morgan fingerprint density at radius 1 is 1.18 bits per heavy atom.